The second-order valence-electron chi connectivity index (χ2n) is 7.52. The standard InChI is InChI=1S/C25H26N2O3/c1-18-12-19(2)14-22(13-18)29-16-20(28)15-27-24-11-7-6-10-23(24)26-25(27)17-30-21-8-4-3-5-9-21/h3-14,20,28H,15-17H2,1-2H3/t20-/m0/s1. The average Bonchev–Trinajstić information content (AvgIpc) is 3.08. The van der Waals surface area contributed by atoms with Crippen molar-refractivity contribution in [1.82, 2.24) is 9.55 Å². The van der Waals surface area contributed by atoms with Crippen molar-refractivity contribution in [2.75, 3.05) is 6.61 Å². The first-order valence-electron chi connectivity index (χ1n) is 10.1. The zero-order valence-electron chi connectivity index (χ0n) is 17.3. The molecule has 30 heavy (non-hydrogen) atoms. The molecule has 0 saturated heterocycles. The zero-order valence-corrected chi connectivity index (χ0v) is 17.3. The number of aliphatic hydroxyl groups excluding tert-OH is 1. The molecule has 4 aromatic rings. The van der Waals surface area contributed by atoms with Crippen LogP contribution in [-0.2, 0) is 13.2 Å². The van der Waals surface area contributed by atoms with Gasteiger partial charge in [-0.25, -0.2) is 4.98 Å². The Kier molecular flexibility index (Phi) is 6.00. The normalized spacial score (nSPS) is 12.1. The molecule has 1 aromatic heterocycles. The Morgan fingerprint density at radius 2 is 1.57 bits per heavy atom. The molecule has 1 atom stereocenters. The number of fused-ring (bicyclic) bond motifs is 1. The van der Waals surface area contributed by atoms with E-state index in [-0.39, 0.29) is 6.61 Å². The van der Waals surface area contributed by atoms with E-state index in [4.69, 9.17) is 14.5 Å². The van der Waals surface area contributed by atoms with Gasteiger partial charge in [0.1, 0.15) is 36.6 Å². The maximum atomic E-state index is 10.7. The monoisotopic (exact) mass is 402 g/mol. The predicted octanol–water partition coefficient (Wildman–Crippen LogP) is 4.67. The quantitative estimate of drug-likeness (QED) is 0.465. The van der Waals surface area contributed by atoms with Crippen molar-refractivity contribution < 1.29 is 14.6 Å². The fourth-order valence-electron chi connectivity index (χ4n) is 3.58. The highest BCUT2D eigenvalue weighted by Gasteiger charge is 2.15. The molecule has 3 aromatic carbocycles. The van der Waals surface area contributed by atoms with Crippen molar-refractivity contribution in [2.24, 2.45) is 0 Å². The molecule has 0 saturated carbocycles. The summed E-state index contributed by atoms with van der Waals surface area (Å²) >= 11 is 0. The summed E-state index contributed by atoms with van der Waals surface area (Å²) in [4.78, 5) is 4.71. The molecule has 5 heteroatoms. The molecule has 0 fully saturated rings. The highest BCUT2D eigenvalue weighted by Crippen LogP contribution is 2.20. The molecule has 5 nitrogen and oxygen atoms in total. The number of benzene rings is 3. The third-order valence-electron chi connectivity index (χ3n) is 4.88. The van der Waals surface area contributed by atoms with E-state index in [0.29, 0.717) is 13.2 Å². The van der Waals surface area contributed by atoms with Gasteiger partial charge >= 0.3 is 0 Å². The molecule has 1 heterocycles. The van der Waals surface area contributed by atoms with Gasteiger partial charge in [-0.05, 0) is 61.4 Å². The van der Waals surface area contributed by atoms with Crippen molar-refractivity contribution >= 4 is 11.0 Å². The van der Waals surface area contributed by atoms with Crippen LogP contribution >= 0.6 is 0 Å². The lowest BCUT2D eigenvalue weighted by Gasteiger charge is -2.16. The number of aliphatic hydroxyl groups is 1. The largest absolute Gasteiger partial charge is 0.491 e. The number of imidazole rings is 1. The van der Waals surface area contributed by atoms with Crippen molar-refractivity contribution in [3.63, 3.8) is 0 Å². The Morgan fingerprint density at radius 3 is 2.33 bits per heavy atom. The summed E-state index contributed by atoms with van der Waals surface area (Å²) in [5.41, 5.74) is 4.13. The van der Waals surface area contributed by atoms with E-state index in [2.05, 4.69) is 6.07 Å². The van der Waals surface area contributed by atoms with Crippen molar-refractivity contribution in [3.8, 4) is 11.5 Å². The minimum Gasteiger partial charge on any atom is -0.491 e. The van der Waals surface area contributed by atoms with Crippen LogP contribution in [0.3, 0.4) is 0 Å². The van der Waals surface area contributed by atoms with E-state index in [1.807, 2.05) is 85.1 Å². The molecule has 0 aliphatic heterocycles. The number of ether oxygens (including phenoxy) is 2. The lowest BCUT2D eigenvalue weighted by molar-refractivity contribution is 0.0917. The number of hydrogen-bond donors (Lipinski definition) is 1. The van der Waals surface area contributed by atoms with E-state index >= 15 is 0 Å². The van der Waals surface area contributed by atoms with Gasteiger partial charge in [-0.1, -0.05) is 36.4 Å². The smallest absolute Gasteiger partial charge is 0.148 e. The van der Waals surface area contributed by atoms with Gasteiger partial charge in [-0.2, -0.15) is 0 Å². The Morgan fingerprint density at radius 1 is 0.867 bits per heavy atom. The minimum absolute atomic E-state index is 0.203. The topological polar surface area (TPSA) is 56.5 Å². The first-order valence-corrected chi connectivity index (χ1v) is 10.1. The van der Waals surface area contributed by atoms with E-state index in [9.17, 15) is 5.11 Å². The van der Waals surface area contributed by atoms with Crippen LogP contribution in [0.2, 0.25) is 0 Å². The summed E-state index contributed by atoms with van der Waals surface area (Å²) in [5, 5.41) is 10.7. The second-order valence-corrected chi connectivity index (χ2v) is 7.52. The molecule has 1 N–H and O–H groups in total. The lowest BCUT2D eigenvalue weighted by Crippen LogP contribution is -2.25. The molecule has 0 aliphatic carbocycles. The number of aryl methyl sites for hydroxylation is 2. The van der Waals surface area contributed by atoms with Gasteiger partial charge in [0.05, 0.1) is 17.6 Å². The van der Waals surface area contributed by atoms with Gasteiger partial charge in [0.15, 0.2) is 0 Å². The maximum Gasteiger partial charge on any atom is 0.148 e. The van der Waals surface area contributed by atoms with E-state index in [1.54, 1.807) is 0 Å². The number of rotatable bonds is 8. The number of aromatic nitrogens is 2. The van der Waals surface area contributed by atoms with Crippen LogP contribution in [0, 0.1) is 13.8 Å². The Labute approximate surface area is 176 Å². The molecular formula is C25H26N2O3. The fourth-order valence-corrected chi connectivity index (χ4v) is 3.58. The summed E-state index contributed by atoms with van der Waals surface area (Å²) in [6.07, 6.45) is -0.682. The van der Waals surface area contributed by atoms with Crippen LogP contribution in [0.1, 0.15) is 17.0 Å². The van der Waals surface area contributed by atoms with Crippen molar-refractivity contribution in [3.05, 3.63) is 89.7 Å². The van der Waals surface area contributed by atoms with Gasteiger partial charge in [-0.15, -0.1) is 0 Å². The van der Waals surface area contributed by atoms with Crippen LogP contribution in [0.25, 0.3) is 11.0 Å². The van der Waals surface area contributed by atoms with Crippen LogP contribution in [0.5, 0.6) is 11.5 Å². The van der Waals surface area contributed by atoms with Gasteiger partial charge in [0, 0.05) is 0 Å². The number of para-hydroxylation sites is 3. The van der Waals surface area contributed by atoms with Crippen molar-refractivity contribution in [2.45, 2.75) is 33.1 Å². The fraction of sp³-hybridized carbons (Fsp3) is 0.240. The summed E-state index contributed by atoms with van der Waals surface area (Å²) in [7, 11) is 0. The summed E-state index contributed by atoms with van der Waals surface area (Å²) in [6, 6.07) is 23.6. The summed E-state index contributed by atoms with van der Waals surface area (Å²) in [5.74, 6) is 2.33. The first-order chi connectivity index (χ1) is 14.6. The van der Waals surface area contributed by atoms with E-state index in [1.165, 1.54) is 0 Å². The Balaban J connectivity index is 1.49. The average molecular weight is 402 g/mol. The highest BCUT2D eigenvalue weighted by molar-refractivity contribution is 5.75. The van der Waals surface area contributed by atoms with E-state index < -0.39 is 6.10 Å². The van der Waals surface area contributed by atoms with Crippen molar-refractivity contribution in [1.29, 1.82) is 0 Å². The minimum atomic E-state index is -0.682. The SMILES string of the molecule is Cc1cc(C)cc(OC[C@@H](O)Cn2c(COc3ccccc3)nc3ccccc32)c1. The molecule has 0 unspecified atom stereocenters. The number of nitrogens with zero attached hydrogens (tertiary/aromatic N) is 2. The van der Waals surface area contributed by atoms with Gasteiger partial charge in [0.25, 0.3) is 0 Å². The van der Waals surface area contributed by atoms with Crippen LogP contribution in [-0.4, -0.2) is 27.4 Å². The van der Waals surface area contributed by atoms with Crippen LogP contribution in [0.4, 0.5) is 0 Å². The Hall–Kier alpha value is -3.31. The van der Waals surface area contributed by atoms with Gasteiger partial charge < -0.3 is 19.1 Å². The molecular weight excluding hydrogens is 376 g/mol. The maximum absolute atomic E-state index is 10.7. The molecule has 154 valence electrons. The third-order valence-corrected chi connectivity index (χ3v) is 4.88. The predicted molar refractivity (Wildman–Crippen MR) is 118 cm³/mol. The van der Waals surface area contributed by atoms with Gasteiger partial charge in [-0.3, -0.25) is 0 Å². The summed E-state index contributed by atoms with van der Waals surface area (Å²) < 4.78 is 13.8. The Bertz CT molecular complexity index is 1100. The lowest BCUT2D eigenvalue weighted by atomic mass is 10.1. The first kappa shape index (κ1) is 20.0. The van der Waals surface area contributed by atoms with Gasteiger partial charge in [0.2, 0.25) is 0 Å². The van der Waals surface area contributed by atoms with Crippen LogP contribution in [0.15, 0.2) is 72.8 Å². The molecule has 0 spiro atoms. The molecule has 0 amide bonds. The molecule has 0 radical (unpaired) electrons. The summed E-state index contributed by atoms with van der Waals surface area (Å²) in [6.45, 7) is 4.97. The molecule has 0 bridgehead atoms. The zero-order chi connectivity index (χ0) is 20.9. The molecule has 0 aliphatic rings. The van der Waals surface area contributed by atoms with Crippen LogP contribution < -0.4 is 9.47 Å². The molecule has 4 rings (SSSR count). The van der Waals surface area contributed by atoms with E-state index in [0.717, 1.165) is 39.5 Å². The second kappa shape index (κ2) is 9.01. The number of hydrogen-bond acceptors (Lipinski definition) is 4. The highest BCUT2D eigenvalue weighted by atomic mass is 16.5. The third kappa shape index (κ3) is 4.81.